The number of rotatable bonds is 3. The Labute approximate surface area is 136 Å². The van der Waals surface area contributed by atoms with Gasteiger partial charge in [0.2, 0.25) is 0 Å². The zero-order valence-electron chi connectivity index (χ0n) is 13.6. The van der Waals surface area contributed by atoms with Gasteiger partial charge in [-0.3, -0.25) is 9.78 Å². The van der Waals surface area contributed by atoms with E-state index >= 15 is 0 Å². The third kappa shape index (κ3) is 2.95. The van der Waals surface area contributed by atoms with Crippen molar-refractivity contribution in [1.82, 2.24) is 10.3 Å². The van der Waals surface area contributed by atoms with Crippen molar-refractivity contribution in [3.05, 3.63) is 77.0 Å². The molecule has 1 aromatic heterocycles. The SMILES string of the molecule is Cc1nc2ccccc2c(C(=O)NC(C)c2ccccc2)c1C. The number of hydrogen-bond acceptors (Lipinski definition) is 2. The molecule has 3 aromatic rings. The topological polar surface area (TPSA) is 42.0 Å². The highest BCUT2D eigenvalue weighted by Crippen LogP contribution is 2.23. The third-order valence-electron chi connectivity index (χ3n) is 4.25. The van der Waals surface area contributed by atoms with Gasteiger partial charge in [0.05, 0.1) is 17.1 Å². The first kappa shape index (κ1) is 15.2. The largest absolute Gasteiger partial charge is 0.345 e. The highest BCUT2D eigenvalue weighted by atomic mass is 16.1. The van der Waals surface area contributed by atoms with E-state index in [0.29, 0.717) is 0 Å². The number of aromatic nitrogens is 1. The Balaban J connectivity index is 1.99. The second-order valence-electron chi connectivity index (χ2n) is 5.82. The Hall–Kier alpha value is -2.68. The average Bonchev–Trinajstić information content (AvgIpc) is 2.56. The fraction of sp³-hybridized carbons (Fsp3) is 0.200. The van der Waals surface area contributed by atoms with Gasteiger partial charge in [-0.05, 0) is 38.0 Å². The molecular weight excluding hydrogens is 284 g/mol. The number of amides is 1. The number of pyridine rings is 1. The minimum absolute atomic E-state index is 0.0460. The van der Waals surface area contributed by atoms with Crippen LogP contribution in [-0.4, -0.2) is 10.9 Å². The van der Waals surface area contributed by atoms with Crippen LogP contribution >= 0.6 is 0 Å². The van der Waals surface area contributed by atoms with Crippen molar-refractivity contribution < 1.29 is 4.79 Å². The van der Waals surface area contributed by atoms with Gasteiger partial charge in [-0.2, -0.15) is 0 Å². The number of carbonyl (C=O) groups is 1. The lowest BCUT2D eigenvalue weighted by Crippen LogP contribution is -2.27. The van der Waals surface area contributed by atoms with Crippen LogP contribution in [0.15, 0.2) is 54.6 Å². The van der Waals surface area contributed by atoms with Gasteiger partial charge in [-0.25, -0.2) is 0 Å². The van der Waals surface area contributed by atoms with E-state index in [9.17, 15) is 4.79 Å². The van der Waals surface area contributed by atoms with Gasteiger partial charge in [0.25, 0.3) is 5.91 Å². The van der Waals surface area contributed by atoms with Crippen LogP contribution in [0.2, 0.25) is 0 Å². The summed E-state index contributed by atoms with van der Waals surface area (Å²) in [5, 5.41) is 4.00. The van der Waals surface area contributed by atoms with Crippen LogP contribution in [0.5, 0.6) is 0 Å². The highest BCUT2D eigenvalue weighted by Gasteiger charge is 2.18. The van der Waals surface area contributed by atoms with Gasteiger partial charge >= 0.3 is 0 Å². The number of benzene rings is 2. The third-order valence-corrected chi connectivity index (χ3v) is 4.25. The molecule has 0 radical (unpaired) electrons. The molecule has 3 rings (SSSR count). The fourth-order valence-corrected chi connectivity index (χ4v) is 2.82. The molecule has 3 nitrogen and oxygen atoms in total. The zero-order valence-corrected chi connectivity index (χ0v) is 13.6. The van der Waals surface area contributed by atoms with Crippen molar-refractivity contribution in [3.63, 3.8) is 0 Å². The van der Waals surface area contributed by atoms with Gasteiger partial charge in [-0.1, -0.05) is 48.5 Å². The van der Waals surface area contributed by atoms with Crippen LogP contribution in [0.25, 0.3) is 10.9 Å². The normalized spacial score (nSPS) is 12.1. The van der Waals surface area contributed by atoms with E-state index in [-0.39, 0.29) is 11.9 Å². The standard InChI is InChI=1S/C20H20N2O/c1-13-14(2)21-18-12-8-7-11-17(18)19(13)20(23)22-15(3)16-9-5-4-6-10-16/h4-12,15H,1-3H3,(H,22,23). The molecule has 1 atom stereocenters. The summed E-state index contributed by atoms with van der Waals surface area (Å²) in [7, 11) is 0. The Bertz CT molecular complexity index is 856. The number of carbonyl (C=O) groups excluding carboxylic acids is 1. The minimum Gasteiger partial charge on any atom is -0.345 e. The van der Waals surface area contributed by atoms with Crippen molar-refractivity contribution in [3.8, 4) is 0 Å². The lowest BCUT2D eigenvalue weighted by molar-refractivity contribution is 0.0941. The lowest BCUT2D eigenvalue weighted by atomic mass is 10.00. The molecule has 1 unspecified atom stereocenters. The Morgan fingerprint density at radius 3 is 2.39 bits per heavy atom. The monoisotopic (exact) mass is 304 g/mol. The first-order valence-electron chi connectivity index (χ1n) is 7.79. The van der Waals surface area contributed by atoms with Gasteiger partial charge in [-0.15, -0.1) is 0 Å². The predicted octanol–water partition coefficient (Wildman–Crippen LogP) is 4.34. The van der Waals surface area contributed by atoms with E-state index in [1.807, 2.05) is 75.4 Å². The minimum atomic E-state index is -0.0550. The van der Waals surface area contributed by atoms with Crippen LogP contribution in [-0.2, 0) is 0 Å². The summed E-state index contributed by atoms with van der Waals surface area (Å²) in [6.07, 6.45) is 0. The summed E-state index contributed by atoms with van der Waals surface area (Å²) in [6, 6.07) is 17.7. The number of nitrogens with zero attached hydrogens (tertiary/aromatic N) is 1. The first-order valence-corrected chi connectivity index (χ1v) is 7.79. The summed E-state index contributed by atoms with van der Waals surface area (Å²) >= 11 is 0. The van der Waals surface area contributed by atoms with Crippen molar-refractivity contribution >= 4 is 16.8 Å². The van der Waals surface area contributed by atoms with Crippen molar-refractivity contribution in [1.29, 1.82) is 0 Å². The van der Waals surface area contributed by atoms with E-state index < -0.39 is 0 Å². The molecule has 0 bridgehead atoms. The molecule has 0 fully saturated rings. The smallest absolute Gasteiger partial charge is 0.252 e. The van der Waals surface area contributed by atoms with Crippen LogP contribution < -0.4 is 5.32 Å². The van der Waals surface area contributed by atoms with E-state index in [0.717, 1.165) is 33.3 Å². The fourth-order valence-electron chi connectivity index (χ4n) is 2.82. The number of aryl methyl sites for hydroxylation is 1. The Morgan fingerprint density at radius 2 is 1.65 bits per heavy atom. The van der Waals surface area contributed by atoms with E-state index in [4.69, 9.17) is 0 Å². The van der Waals surface area contributed by atoms with E-state index in [1.165, 1.54) is 0 Å². The maximum Gasteiger partial charge on any atom is 0.252 e. The van der Waals surface area contributed by atoms with Gasteiger partial charge in [0.15, 0.2) is 0 Å². The first-order chi connectivity index (χ1) is 11.1. The summed E-state index contributed by atoms with van der Waals surface area (Å²) in [4.78, 5) is 17.5. The molecule has 0 aliphatic carbocycles. The van der Waals surface area contributed by atoms with Crippen LogP contribution in [0.3, 0.4) is 0 Å². The molecule has 116 valence electrons. The van der Waals surface area contributed by atoms with E-state index in [2.05, 4.69) is 10.3 Å². The molecule has 2 aromatic carbocycles. The molecule has 23 heavy (non-hydrogen) atoms. The maximum absolute atomic E-state index is 12.9. The second kappa shape index (κ2) is 6.21. The predicted molar refractivity (Wildman–Crippen MR) is 93.5 cm³/mol. The molecule has 0 aliphatic rings. The molecular formula is C20H20N2O. The highest BCUT2D eigenvalue weighted by molar-refractivity contribution is 6.07. The maximum atomic E-state index is 12.9. The summed E-state index contributed by atoms with van der Waals surface area (Å²) < 4.78 is 0. The number of nitrogens with one attached hydrogen (secondary N) is 1. The second-order valence-corrected chi connectivity index (χ2v) is 5.82. The Kier molecular flexibility index (Phi) is 4.11. The van der Waals surface area contributed by atoms with Crippen LogP contribution in [0.4, 0.5) is 0 Å². The summed E-state index contributed by atoms with van der Waals surface area (Å²) in [5.41, 5.74) is 4.49. The van der Waals surface area contributed by atoms with E-state index in [1.54, 1.807) is 0 Å². The van der Waals surface area contributed by atoms with Gasteiger partial charge in [0, 0.05) is 11.1 Å². The quantitative estimate of drug-likeness (QED) is 0.782. The van der Waals surface area contributed by atoms with Crippen molar-refractivity contribution in [2.45, 2.75) is 26.8 Å². The molecule has 0 spiro atoms. The number of hydrogen-bond donors (Lipinski definition) is 1. The number of para-hydroxylation sites is 1. The van der Waals surface area contributed by atoms with Crippen molar-refractivity contribution in [2.75, 3.05) is 0 Å². The molecule has 0 saturated carbocycles. The number of fused-ring (bicyclic) bond motifs is 1. The molecule has 1 amide bonds. The molecule has 3 heteroatoms. The zero-order chi connectivity index (χ0) is 16.4. The van der Waals surface area contributed by atoms with Crippen LogP contribution in [0.1, 0.15) is 40.1 Å². The van der Waals surface area contributed by atoms with Gasteiger partial charge < -0.3 is 5.32 Å². The lowest BCUT2D eigenvalue weighted by Gasteiger charge is -2.17. The summed E-state index contributed by atoms with van der Waals surface area (Å²) in [5.74, 6) is -0.0550. The molecule has 1 N–H and O–H groups in total. The summed E-state index contributed by atoms with van der Waals surface area (Å²) in [6.45, 7) is 5.90. The van der Waals surface area contributed by atoms with Crippen molar-refractivity contribution in [2.24, 2.45) is 0 Å². The van der Waals surface area contributed by atoms with Crippen LogP contribution in [0, 0.1) is 13.8 Å². The molecule has 1 heterocycles. The average molecular weight is 304 g/mol. The Morgan fingerprint density at radius 1 is 1.00 bits per heavy atom. The van der Waals surface area contributed by atoms with Gasteiger partial charge in [0.1, 0.15) is 0 Å². The molecule has 0 aliphatic heterocycles. The molecule has 0 saturated heterocycles.